The Morgan fingerprint density at radius 2 is 1.66 bits per heavy atom. The molecule has 2 N–H and O–H groups in total. The lowest BCUT2D eigenvalue weighted by molar-refractivity contribution is -0.141. The minimum Gasteiger partial charge on any atom is -0.508 e. The number of amides is 4. The van der Waals surface area contributed by atoms with Crippen LogP contribution in [-0.4, -0.2) is 65.4 Å². The topological polar surface area (TPSA) is 115 Å². The highest BCUT2D eigenvalue weighted by Gasteiger charge is 2.76. The fraction of sp³-hybridized carbons (Fsp3) is 0.400. The standard InChI is InChI=1S/C30H27BrCl2N2O6/c1-15-3-2-4-20(24(15)37)23-18-9-10-19-22(21(18)13-29(32)27(40)35(14-31)28(41)30(23,29)33)26(39)34(25(19)38)12-11-16-5-7-17(36)8-6-16/h2-9,19,21-23,36-37H,10-14H2,1H3/t19-,21+,22-,23+,29+,30-/m0/s1. The molecule has 2 saturated heterocycles. The first-order valence-electron chi connectivity index (χ1n) is 13.4. The molecule has 4 aliphatic rings. The summed E-state index contributed by atoms with van der Waals surface area (Å²) in [7, 11) is 0. The highest BCUT2D eigenvalue weighted by molar-refractivity contribution is 9.09. The van der Waals surface area contributed by atoms with Crippen LogP contribution in [0.4, 0.5) is 0 Å². The lowest BCUT2D eigenvalue weighted by Crippen LogP contribution is -2.60. The Labute approximate surface area is 255 Å². The van der Waals surface area contributed by atoms with Gasteiger partial charge in [-0.25, -0.2) is 0 Å². The molecule has 0 aromatic heterocycles. The van der Waals surface area contributed by atoms with E-state index in [1.165, 1.54) is 4.90 Å². The highest BCUT2D eigenvalue weighted by atomic mass is 79.9. The monoisotopic (exact) mass is 660 g/mol. The van der Waals surface area contributed by atoms with Crippen LogP contribution in [-0.2, 0) is 25.6 Å². The van der Waals surface area contributed by atoms with Gasteiger partial charge in [0.25, 0.3) is 11.8 Å². The highest BCUT2D eigenvalue weighted by Crippen LogP contribution is 2.66. The molecule has 214 valence electrons. The summed E-state index contributed by atoms with van der Waals surface area (Å²) in [6.07, 6.45) is 2.42. The minimum atomic E-state index is -1.95. The van der Waals surface area contributed by atoms with Crippen LogP contribution >= 0.6 is 39.1 Å². The number of carbonyl (C=O) groups is 4. The van der Waals surface area contributed by atoms with E-state index in [4.69, 9.17) is 23.2 Å². The molecule has 2 aromatic rings. The average molecular weight is 662 g/mol. The number of hydrogen-bond donors (Lipinski definition) is 2. The van der Waals surface area contributed by atoms with E-state index in [-0.39, 0.29) is 48.2 Å². The number of halogens is 3. The number of phenolic OH excluding ortho intramolecular Hbond substituents is 2. The van der Waals surface area contributed by atoms with Crippen molar-refractivity contribution in [2.24, 2.45) is 17.8 Å². The Kier molecular flexibility index (Phi) is 6.79. The number of imide groups is 2. The number of aromatic hydroxyl groups is 2. The van der Waals surface area contributed by atoms with Gasteiger partial charge in [0, 0.05) is 18.0 Å². The lowest BCUT2D eigenvalue weighted by atomic mass is 9.56. The number of hydrogen-bond acceptors (Lipinski definition) is 6. The number of benzene rings is 2. The van der Waals surface area contributed by atoms with Crippen molar-refractivity contribution in [2.75, 3.05) is 12.0 Å². The number of para-hydroxylation sites is 1. The molecule has 11 heteroatoms. The molecule has 2 aliphatic carbocycles. The average Bonchev–Trinajstić information content (AvgIpc) is 3.27. The number of likely N-dealkylation sites (tertiary alicyclic amines) is 2. The zero-order chi connectivity index (χ0) is 29.4. The summed E-state index contributed by atoms with van der Waals surface area (Å²) in [5.41, 5.74) is 2.29. The zero-order valence-electron chi connectivity index (χ0n) is 22.0. The largest absolute Gasteiger partial charge is 0.508 e. The Balaban J connectivity index is 1.43. The smallest absolute Gasteiger partial charge is 0.254 e. The Morgan fingerprint density at radius 1 is 0.951 bits per heavy atom. The van der Waals surface area contributed by atoms with Crippen molar-refractivity contribution in [1.29, 1.82) is 0 Å². The van der Waals surface area contributed by atoms with Crippen LogP contribution in [0.1, 0.15) is 35.4 Å². The van der Waals surface area contributed by atoms with Crippen molar-refractivity contribution in [3.8, 4) is 11.5 Å². The third-order valence-electron chi connectivity index (χ3n) is 9.25. The van der Waals surface area contributed by atoms with Crippen molar-refractivity contribution < 1.29 is 29.4 Å². The summed E-state index contributed by atoms with van der Waals surface area (Å²) in [5, 5.41) is 20.7. The zero-order valence-corrected chi connectivity index (χ0v) is 25.1. The van der Waals surface area contributed by atoms with Crippen molar-refractivity contribution >= 4 is 62.8 Å². The molecule has 0 radical (unpaired) electrons. The number of phenols is 2. The summed E-state index contributed by atoms with van der Waals surface area (Å²) in [6, 6.07) is 11.7. The van der Waals surface area contributed by atoms with E-state index in [0.717, 1.165) is 10.5 Å². The predicted octanol–water partition coefficient (Wildman–Crippen LogP) is 4.36. The third-order valence-corrected chi connectivity index (χ3v) is 11.2. The van der Waals surface area contributed by atoms with E-state index < -0.39 is 45.2 Å². The van der Waals surface area contributed by atoms with Gasteiger partial charge in [0.05, 0.1) is 17.3 Å². The van der Waals surface area contributed by atoms with E-state index in [0.29, 0.717) is 23.1 Å². The van der Waals surface area contributed by atoms with E-state index in [1.807, 2.05) is 6.08 Å². The van der Waals surface area contributed by atoms with E-state index in [9.17, 15) is 29.4 Å². The maximum absolute atomic E-state index is 13.9. The van der Waals surface area contributed by atoms with Crippen LogP contribution in [0.5, 0.6) is 11.5 Å². The van der Waals surface area contributed by atoms with Crippen LogP contribution in [0.25, 0.3) is 0 Å². The fourth-order valence-electron chi connectivity index (χ4n) is 7.20. The second-order valence-electron chi connectivity index (χ2n) is 11.2. The molecule has 1 saturated carbocycles. The summed E-state index contributed by atoms with van der Waals surface area (Å²) in [5.74, 6) is -4.99. The molecular formula is C30H27BrCl2N2O6. The number of alkyl halides is 3. The molecular weight excluding hydrogens is 635 g/mol. The van der Waals surface area contributed by atoms with Crippen LogP contribution in [0.15, 0.2) is 54.1 Å². The molecule has 3 fully saturated rings. The van der Waals surface area contributed by atoms with Gasteiger partial charge in [-0.05, 0) is 55.4 Å². The molecule has 0 unspecified atom stereocenters. The number of carbonyl (C=O) groups excluding carboxylic acids is 4. The molecule has 0 bridgehead atoms. The van der Waals surface area contributed by atoms with Crippen molar-refractivity contribution in [2.45, 2.75) is 41.9 Å². The SMILES string of the molecule is Cc1cccc([C@H]2C3=CC[C@@H]4C(=O)N(CCc5ccc(O)cc5)C(=O)[C@@H]4[C@@H]3C[C@@]3(Cl)C(=O)N(CBr)C(=O)[C@@]23Cl)c1O. The molecule has 4 amide bonds. The first kappa shape index (κ1) is 28.2. The van der Waals surface area contributed by atoms with Gasteiger partial charge >= 0.3 is 0 Å². The first-order chi connectivity index (χ1) is 19.5. The lowest BCUT2D eigenvalue weighted by Gasteiger charge is -2.50. The van der Waals surface area contributed by atoms with Gasteiger partial charge in [0.1, 0.15) is 11.5 Å². The maximum atomic E-state index is 13.9. The normalized spacial score (nSPS) is 32.6. The van der Waals surface area contributed by atoms with Gasteiger partial charge in [-0.3, -0.25) is 29.0 Å². The number of aryl methyl sites for hydroxylation is 1. The Bertz CT molecular complexity index is 1530. The van der Waals surface area contributed by atoms with Crippen molar-refractivity contribution in [1.82, 2.24) is 9.80 Å². The van der Waals surface area contributed by atoms with Crippen LogP contribution in [0.3, 0.4) is 0 Å². The fourth-order valence-corrected chi connectivity index (χ4v) is 8.62. The molecule has 2 heterocycles. The Hall–Kier alpha value is -2.88. The van der Waals surface area contributed by atoms with E-state index in [2.05, 4.69) is 15.9 Å². The number of allylic oxidation sites excluding steroid dienone is 2. The van der Waals surface area contributed by atoms with Gasteiger partial charge in [-0.15, -0.1) is 23.2 Å². The molecule has 0 spiro atoms. The number of rotatable bonds is 5. The van der Waals surface area contributed by atoms with Gasteiger partial charge in [0.2, 0.25) is 11.8 Å². The summed E-state index contributed by atoms with van der Waals surface area (Å²) >= 11 is 17.6. The Morgan fingerprint density at radius 3 is 2.34 bits per heavy atom. The van der Waals surface area contributed by atoms with E-state index >= 15 is 0 Å². The van der Waals surface area contributed by atoms with Gasteiger partial charge < -0.3 is 10.2 Å². The summed E-state index contributed by atoms with van der Waals surface area (Å²) < 4.78 is 0. The predicted molar refractivity (Wildman–Crippen MR) is 155 cm³/mol. The second kappa shape index (κ2) is 9.85. The van der Waals surface area contributed by atoms with Crippen molar-refractivity contribution in [3.63, 3.8) is 0 Å². The summed E-state index contributed by atoms with van der Waals surface area (Å²) in [4.78, 5) is 53.3. The van der Waals surface area contributed by atoms with Crippen molar-refractivity contribution in [3.05, 3.63) is 70.8 Å². The van der Waals surface area contributed by atoms with Crippen LogP contribution in [0, 0.1) is 24.7 Å². The van der Waals surface area contributed by atoms with Gasteiger partial charge in [0.15, 0.2) is 9.75 Å². The van der Waals surface area contributed by atoms with Gasteiger partial charge in [-0.2, -0.15) is 0 Å². The van der Waals surface area contributed by atoms with Gasteiger partial charge in [-0.1, -0.05) is 57.9 Å². The molecule has 8 nitrogen and oxygen atoms in total. The van der Waals surface area contributed by atoms with Crippen LogP contribution < -0.4 is 0 Å². The third kappa shape index (κ3) is 3.85. The molecule has 41 heavy (non-hydrogen) atoms. The summed E-state index contributed by atoms with van der Waals surface area (Å²) in [6.45, 7) is 1.89. The maximum Gasteiger partial charge on any atom is 0.254 e. The molecule has 2 aromatic carbocycles. The number of nitrogens with zero attached hydrogens (tertiary/aromatic N) is 2. The molecule has 6 rings (SSSR count). The van der Waals surface area contributed by atoms with E-state index in [1.54, 1.807) is 49.4 Å². The molecule has 2 aliphatic heterocycles. The number of fused-ring (bicyclic) bond motifs is 4. The quantitative estimate of drug-likeness (QED) is 0.213. The minimum absolute atomic E-state index is 0.0675. The van der Waals surface area contributed by atoms with Crippen LogP contribution in [0.2, 0.25) is 0 Å². The first-order valence-corrected chi connectivity index (χ1v) is 15.2. The molecule has 6 atom stereocenters. The second-order valence-corrected chi connectivity index (χ2v) is 13.0.